The molecule has 0 aliphatic rings. The standard InChI is InChI=1S/C17H26O3/c1-6-17(19,16(18)20-7-2)13(5)15-10-8-14(9-11-15)12(3)4/h8-13,19H,6-7H2,1-5H3. The number of aliphatic hydroxyl groups is 1. The molecule has 0 amide bonds. The van der Waals surface area contributed by atoms with Crippen LogP contribution >= 0.6 is 0 Å². The smallest absolute Gasteiger partial charge is 0.338 e. The van der Waals surface area contributed by atoms with Gasteiger partial charge in [-0.05, 0) is 30.4 Å². The van der Waals surface area contributed by atoms with Crippen molar-refractivity contribution in [1.29, 1.82) is 0 Å². The first-order valence-electron chi connectivity index (χ1n) is 7.36. The van der Waals surface area contributed by atoms with Gasteiger partial charge in [0.1, 0.15) is 0 Å². The van der Waals surface area contributed by atoms with Crippen LogP contribution in [-0.2, 0) is 9.53 Å². The lowest BCUT2D eigenvalue weighted by atomic mass is 9.81. The van der Waals surface area contributed by atoms with Gasteiger partial charge in [0, 0.05) is 5.92 Å². The third kappa shape index (κ3) is 3.40. The molecule has 0 heterocycles. The van der Waals surface area contributed by atoms with Crippen molar-refractivity contribution in [3.63, 3.8) is 0 Å². The normalized spacial score (nSPS) is 15.8. The summed E-state index contributed by atoms with van der Waals surface area (Å²) in [5, 5.41) is 10.6. The van der Waals surface area contributed by atoms with Gasteiger partial charge in [-0.2, -0.15) is 0 Å². The Morgan fingerprint density at radius 3 is 2.05 bits per heavy atom. The van der Waals surface area contributed by atoms with E-state index in [0.29, 0.717) is 12.3 Å². The summed E-state index contributed by atoms with van der Waals surface area (Å²) in [7, 11) is 0. The van der Waals surface area contributed by atoms with Gasteiger partial charge in [0.2, 0.25) is 0 Å². The summed E-state index contributed by atoms with van der Waals surface area (Å²) in [5.74, 6) is -0.370. The lowest BCUT2D eigenvalue weighted by Gasteiger charge is -2.31. The maximum absolute atomic E-state index is 12.0. The first-order valence-corrected chi connectivity index (χ1v) is 7.36. The minimum Gasteiger partial charge on any atom is -0.464 e. The Hall–Kier alpha value is -1.35. The van der Waals surface area contributed by atoms with Gasteiger partial charge < -0.3 is 9.84 Å². The second-order valence-electron chi connectivity index (χ2n) is 5.54. The van der Waals surface area contributed by atoms with Crippen molar-refractivity contribution in [1.82, 2.24) is 0 Å². The molecule has 1 N–H and O–H groups in total. The van der Waals surface area contributed by atoms with Crippen molar-refractivity contribution in [2.75, 3.05) is 6.61 Å². The van der Waals surface area contributed by atoms with E-state index in [1.54, 1.807) is 13.8 Å². The minimum atomic E-state index is -1.46. The first kappa shape index (κ1) is 16.7. The molecule has 0 aromatic heterocycles. The molecule has 112 valence electrons. The predicted octanol–water partition coefficient (Wildman–Crippen LogP) is 3.62. The molecule has 0 bridgehead atoms. The Bertz CT molecular complexity index is 436. The molecule has 1 rings (SSSR count). The van der Waals surface area contributed by atoms with Gasteiger partial charge >= 0.3 is 5.97 Å². The fraction of sp³-hybridized carbons (Fsp3) is 0.588. The second kappa shape index (κ2) is 6.89. The highest BCUT2D eigenvalue weighted by molar-refractivity contribution is 5.80. The van der Waals surface area contributed by atoms with Crippen LogP contribution < -0.4 is 0 Å². The Balaban J connectivity index is 3.01. The van der Waals surface area contributed by atoms with E-state index in [0.717, 1.165) is 5.56 Å². The SMILES string of the molecule is CCOC(=O)C(O)(CC)C(C)c1ccc(C(C)C)cc1. The van der Waals surface area contributed by atoms with Crippen molar-refractivity contribution in [3.8, 4) is 0 Å². The van der Waals surface area contributed by atoms with Crippen LogP contribution in [0.5, 0.6) is 0 Å². The highest BCUT2D eigenvalue weighted by Gasteiger charge is 2.42. The number of hydrogen-bond acceptors (Lipinski definition) is 3. The first-order chi connectivity index (χ1) is 9.36. The molecule has 0 saturated heterocycles. The van der Waals surface area contributed by atoms with E-state index in [9.17, 15) is 9.90 Å². The molecule has 2 atom stereocenters. The van der Waals surface area contributed by atoms with Crippen LogP contribution in [0.3, 0.4) is 0 Å². The van der Waals surface area contributed by atoms with Crippen LogP contribution in [0.2, 0.25) is 0 Å². The largest absolute Gasteiger partial charge is 0.464 e. The van der Waals surface area contributed by atoms with Gasteiger partial charge in [-0.15, -0.1) is 0 Å². The lowest BCUT2D eigenvalue weighted by Crippen LogP contribution is -2.44. The van der Waals surface area contributed by atoms with E-state index >= 15 is 0 Å². The second-order valence-corrected chi connectivity index (χ2v) is 5.54. The zero-order valence-electron chi connectivity index (χ0n) is 13.1. The molecule has 0 aliphatic carbocycles. The molecule has 0 radical (unpaired) electrons. The van der Waals surface area contributed by atoms with Crippen LogP contribution in [0.15, 0.2) is 24.3 Å². The number of carbonyl (C=O) groups excluding carboxylic acids is 1. The van der Waals surface area contributed by atoms with E-state index < -0.39 is 11.6 Å². The Kier molecular flexibility index (Phi) is 5.75. The predicted molar refractivity (Wildman–Crippen MR) is 80.8 cm³/mol. The van der Waals surface area contributed by atoms with E-state index in [-0.39, 0.29) is 12.5 Å². The van der Waals surface area contributed by atoms with Crippen molar-refractivity contribution >= 4 is 5.97 Å². The van der Waals surface area contributed by atoms with Gasteiger partial charge in [0.05, 0.1) is 6.61 Å². The molecule has 0 spiro atoms. The zero-order chi connectivity index (χ0) is 15.3. The molecular weight excluding hydrogens is 252 g/mol. The van der Waals surface area contributed by atoms with Gasteiger partial charge in [0.15, 0.2) is 5.60 Å². The van der Waals surface area contributed by atoms with Gasteiger partial charge in [-0.3, -0.25) is 0 Å². The lowest BCUT2D eigenvalue weighted by molar-refractivity contribution is -0.167. The number of benzene rings is 1. The summed E-state index contributed by atoms with van der Waals surface area (Å²) in [5.41, 5.74) is 0.735. The molecule has 1 aromatic carbocycles. The maximum Gasteiger partial charge on any atom is 0.338 e. The summed E-state index contributed by atoms with van der Waals surface area (Å²) in [6.45, 7) is 9.97. The number of carbonyl (C=O) groups is 1. The van der Waals surface area contributed by atoms with Crippen molar-refractivity contribution in [2.24, 2.45) is 0 Å². The third-order valence-electron chi connectivity index (χ3n) is 3.99. The van der Waals surface area contributed by atoms with E-state index in [1.807, 2.05) is 19.1 Å². The summed E-state index contributed by atoms with van der Waals surface area (Å²) in [6.07, 6.45) is 0.332. The van der Waals surface area contributed by atoms with Gasteiger partial charge in [-0.25, -0.2) is 4.79 Å². The molecule has 3 nitrogen and oxygen atoms in total. The van der Waals surface area contributed by atoms with Gasteiger partial charge in [-0.1, -0.05) is 52.0 Å². The Morgan fingerprint density at radius 2 is 1.65 bits per heavy atom. The van der Waals surface area contributed by atoms with Crippen LogP contribution in [0.1, 0.15) is 64.0 Å². The maximum atomic E-state index is 12.0. The number of rotatable bonds is 6. The molecule has 2 unspecified atom stereocenters. The monoisotopic (exact) mass is 278 g/mol. The average molecular weight is 278 g/mol. The minimum absolute atomic E-state index is 0.278. The average Bonchev–Trinajstić information content (AvgIpc) is 2.45. The van der Waals surface area contributed by atoms with Crippen LogP contribution in [-0.4, -0.2) is 23.3 Å². The van der Waals surface area contributed by atoms with E-state index in [4.69, 9.17) is 4.74 Å². The van der Waals surface area contributed by atoms with Crippen molar-refractivity contribution in [3.05, 3.63) is 35.4 Å². The Morgan fingerprint density at radius 1 is 1.15 bits per heavy atom. The fourth-order valence-corrected chi connectivity index (χ4v) is 2.33. The molecule has 1 aromatic rings. The summed E-state index contributed by atoms with van der Waals surface area (Å²) in [4.78, 5) is 12.0. The zero-order valence-corrected chi connectivity index (χ0v) is 13.1. The van der Waals surface area contributed by atoms with Gasteiger partial charge in [0.25, 0.3) is 0 Å². The van der Waals surface area contributed by atoms with Crippen molar-refractivity contribution in [2.45, 2.75) is 58.5 Å². The molecular formula is C17H26O3. The van der Waals surface area contributed by atoms with Crippen LogP contribution in [0, 0.1) is 0 Å². The quantitative estimate of drug-likeness (QED) is 0.808. The fourth-order valence-electron chi connectivity index (χ4n) is 2.33. The molecule has 0 aliphatic heterocycles. The van der Waals surface area contributed by atoms with Crippen molar-refractivity contribution < 1.29 is 14.6 Å². The summed E-state index contributed by atoms with van der Waals surface area (Å²) >= 11 is 0. The highest BCUT2D eigenvalue weighted by Crippen LogP contribution is 2.32. The highest BCUT2D eigenvalue weighted by atomic mass is 16.5. The molecule has 0 fully saturated rings. The topological polar surface area (TPSA) is 46.5 Å². The number of esters is 1. The van der Waals surface area contributed by atoms with E-state index in [1.165, 1.54) is 5.56 Å². The van der Waals surface area contributed by atoms with E-state index in [2.05, 4.69) is 26.0 Å². The van der Waals surface area contributed by atoms with Crippen LogP contribution in [0.25, 0.3) is 0 Å². The summed E-state index contributed by atoms with van der Waals surface area (Å²) < 4.78 is 5.01. The molecule has 3 heteroatoms. The third-order valence-corrected chi connectivity index (χ3v) is 3.99. The summed E-state index contributed by atoms with van der Waals surface area (Å²) in [6, 6.07) is 8.08. The Labute approximate surface area is 122 Å². The molecule has 0 saturated carbocycles. The number of ether oxygens (including phenoxy) is 1. The molecule has 20 heavy (non-hydrogen) atoms. The van der Waals surface area contributed by atoms with Crippen LogP contribution in [0.4, 0.5) is 0 Å². The number of hydrogen-bond donors (Lipinski definition) is 1.